The third-order valence-electron chi connectivity index (χ3n) is 3.50. The van der Waals surface area contributed by atoms with E-state index in [9.17, 15) is 0 Å². The SMILES string of the molecule is CC(C)CCN(Cc1cccc(C#N)c1)C1CC1. The monoisotopic (exact) mass is 242 g/mol. The van der Waals surface area contributed by atoms with Crippen LogP contribution in [0.15, 0.2) is 24.3 Å². The average molecular weight is 242 g/mol. The summed E-state index contributed by atoms with van der Waals surface area (Å²) in [5, 5.41) is 8.93. The van der Waals surface area contributed by atoms with Crippen LogP contribution in [0.2, 0.25) is 0 Å². The van der Waals surface area contributed by atoms with Crippen LogP contribution in [0.4, 0.5) is 0 Å². The van der Waals surface area contributed by atoms with Crippen molar-refractivity contribution in [2.45, 2.75) is 45.7 Å². The summed E-state index contributed by atoms with van der Waals surface area (Å²) in [6.07, 6.45) is 3.94. The van der Waals surface area contributed by atoms with Gasteiger partial charge in [-0.2, -0.15) is 5.26 Å². The first-order valence-corrected chi connectivity index (χ1v) is 6.92. The predicted molar refractivity (Wildman–Crippen MR) is 74.0 cm³/mol. The summed E-state index contributed by atoms with van der Waals surface area (Å²) in [7, 11) is 0. The van der Waals surface area contributed by atoms with Gasteiger partial charge in [-0.25, -0.2) is 0 Å². The maximum absolute atomic E-state index is 8.93. The highest BCUT2D eigenvalue weighted by atomic mass is 15.2. The molecule has 1 aromatic carbocycles. The van der Waals surface area contributed by atoms with Crippen molar-refractivity contribution >= 4 is 0 Å². The van der Waals surface area contributed by atoms with Crippen molar-refractivity contribution in [3.8, 4) is 6.07 Å². The minimum absolute atomic E-state index is 0.761. The maximum Gasteiger partial charge on any atom is 0.0991 e. The number of hydrogen-bond donors (Lipinski definition) is 0. The van der Waals surface area contributed by atoms with Crippen LogP contribution < -0.4 is 0 Å². The molecule has 0 aliphatic heterocycles. The number of rotatable bonds is 6. The van der Waals surface area contributed by atoms with Gasteiger partial charge in [0.2, 0.25) is 0 Å². The van der Waals surface area contributed by atoms with Gasteiger partial charge in [-0.3, -0.25) is 4.90 Å². The third kappa shape index (κ3) is 3.85. The molecule has 0 radical (unpaired) electrons. The zero-order valence-electron chi connectivity index (χ0n) is 11.4. The molecule has 1 aliphatic rings. The Hall–Kier alpha value is -1.33. The van der Waals surface area contributed by atoms with Gasteiger partial charge < -0.3 is 0 Å². The summed E-state index contributed by atoms with van der Waals surface area (Å²) >= 11 is 0. The second-order valence-electron chi connectivity index (χ2n) is 5.70. The molecule has 2 rings (SSSR count). The molecule has 0 amide bonds. The van der Waals surface area contributed by atoms with Gasteiger partial charge in [0.15, 0.2) is 0 Å². The third-order valence-corrected chi connectivity index (χ3v) is 3.50. The fourth-order valence-corrected chi connectivity index (χ4v) is 2.23. The van der Waals surface area contributed by atoms with Crippen LogP contribution in [0, 0.1) is 17.2 Å². The van der Waals surface area contributed by atoms with Gasteiger partial charge in [-0.15, -0.1) is 0 Å². The molecule has 1 aromatic rings. The van der Waals surface area contributed by atoms with Gasteiger partial charge in [0.25, 0.3) is 0 Å². The molecular formula is C16H22N2. The minimum atomic E-state index is 0.761. The molecule has 0 heterocycles. The second-order valence-corrected chi connectivity index (χ2v) is 5.70. The molecule has 96 valence electrons. The van der Waals surface area contributed by atoms with Crippen molar-refractivity contribution in [3.63, 3.8) is 0 Å². The van der Waals surface area contributed by atoms with E-state index in [-0.39, 0.29) is 0 Å². The van der Waals surface area contributed by atoms with Gasteiger partial charge in [0.1, 0.15) is 0 Å². The van der Waals surface area contributed by atoms with Gasteiger partial charge in [0.05, 0.1) is 11.6 Å². The molecule has 0 atom stereocenters. The normalized spacial score (nSPS) is 15.1. The Kier molecular flexibility index (Phi) is 4.38. The lowest BCUT2D eigenvalue weighted by molar-refractivity contribution is 0.239. The Morgan fingerprint density at radius 3 is 2.78 bits per heavy atom. The van der Waals surface area contributed by atoms with Crippen molar-refractivity contribution in [2.75, 3.05) is 6.54 Å². The number of nitrogens with zero attached hydrogens (tertiary/aromatic N) is 2. The Balaban J connectivity index is 1.97. The van der Waals surface area contributed by atoms with Crippen molar-refractivity contribution in [2.24, 2.45) is 5.92 Å². The van der Waals surface area contributed by atoms with E-state index in [2.05, 4.69) is 30.9 Å². The molecule has 1 saturated carbocycles. The summed E-state index contributed by atoms with van der Waals surface area (Å²) in [4.78, 5) is 2.58. The van der Waals surface area contributed by atoms with Gasteiger partial charge >= 0.3 is 0 Å². The van der Waals surface area contributed by atoms with Gasteiger partial charge in [0, 0.05) is 12.6 Å². The quantitative estimate of drug-likeness (QED) is 0.762. The zero-order valence-corrected chi connectivity index (χ0v) is 11.4. The van der Waals surface area contributed by atoms with Crippen LogP contribution in [0.3, 0.4) is 0 Å². The first-order valence-electron chi connectivity index (χ1n) is 6.92. The minimum Gasteiger partial charge on any atom is -0.296 e. The summed E-state index contributed by atoms with van der Waals surface area (Å²) in [6.45, 7) is 6.73. The van der Waals surface area contributed by atoms with Gasteiger partial charge in [-0.05, 0) is 49.4 Å². The van der Waals surface area contributed by atoms with E-state index >= 15 is 0 Å². The first kappa shape index (κ1) is 13.1. The van der Waals surface area contributed by atoms with E-state index in [0.717, 1.165) is 24.1 Å². The molecule has 2 nitrogen and oxygen atoms in total. The second kappa shape index (κ2) is 6.02. The molecule has 2 heteroatoms. The summed E-state index contributed by atoms with van der Waals surface area (Å²) in [5.74, 6) is 0.761. The van der Waals surface area contributed by atoms with Crippen molar-refractivity contribution in [1.82, 2.24) is 4.90 Å². The Morgan fingerprint density at radius 2 is 2.17 bits per heavy atom. The maximum atomic E-state index is 8.93. The number of hydrogen-bond acceptors (Lipinski definition) is 2. The predicted octanol–water partition coefficient (Wildman–Crippen LogP) is 3.57. The molecular weight excluding hydrogens is 220 g/mol. The lowest BCUT2D eigenvalue weighted by Crippen LogP contribution is -2.27. The zero-order chi connectivity index (χ0) is 13.0. The van der Waals surface area contributed by atoms with E-state index in [1.54, 1.807) is 0 Å². The Morgan fingerprint density at radius 1 is 1.39 bits per heavy atom. The molecule has 0 unspecified atom stereocenters. The largest absolute Gasteiger partial charge is 0.296 e. The molecule has 0 N–H and O–H groups in total. The molecule has 0 spiro atoms. The standard InChI is InChI=1S/C16H22N2/c1-13(2)8-9-18(16-6-7-16)12-15-5-3-4-14(10-15)11-17/h3-5,10,13,16H,6-9,12H2,1-2H3. The van der Waals surface area contributed by atoms with E-state index in [4.69, 9.17) is 5.26 Å². The fraction of sp³-hybridized carbons (Fsp3) is 0.562. The molecule has 1 aliphatic carbocycles. The Labute approximate surface area is 110 Å². The number of benzene rings is 1. The van der Waals surface area contributed by atoms with Crippen LogP contribution in [0.1, 0.15) is 44.2 Å². The van der Waals surface area contributed by atoms with Crippen LogP contribution in [-0.4, -0.2) is 17.5 Å². The first-order chi connectivity index (χ1) is 8.69. The van der Waals surface area contributed by atoms with Crippen LogP contribution >= 0.6 is 0 Å². The fourth-order valence-electron chi connectivity index (χ4n) is 2.23. The van der Waals surface area contributed by atoms with Crippen LogP contribution in [-0.2, 0) is 6.54 Å². The Bertz CT molecular complexity index is 427. The topological polar surface area (TPSA) is 27.0 Å². The van der Waals surface area contributed by atoms with E-state index in [1.807, 2.05) is 18.2 Å². The highest BCUT2D eigenvalue weighted by Crippen LogP contribution is 2.29. The van der Waals surface area contributed by atoms with Gasteiger partial charge in [-0.1, -0.05) is 26.0 Å². The highest BCUT2D eigenvalue weighted by Gasteiger charge is 2.28. The summed E-state index contributed by atoms with van der Waals surface area (Å²) in [6, 6.07) is 11.0. The number of nitriles is 1. The van der Waals surface area contributed by atoms with Crippen LogP contribution in [0.25, 0.3) is 0 Å². The molecule has 0 aromatic heterocycles. The van der Waals surface area contributed by atoms with Crippen LogP contribution in [0.5, 0.6) is 0 Å². The van der Waals surface area contributed by atoms with E-state index < -0.39 is 0 Å². The molecule has 0 bridgehead atoms. The lowest BCUT2D eigenvalue weighted by atomic mass is 10.1. The molecule has 1 fully saturated rings. The summed E-state index contributed by atoms with van der Waals surface area (Å²) in [5.41, 5.74) is 2.04. The average Bonchev–Trinajstić information content (AvgIpc) is 3.18. The van der Waals surface area contributed by atoms with Crippen molar-refractivity contribution < 1.29 is 0 Å². The van der Waals surface area contributed by atoms with Crippen molar-refractivity contribution in [3.05, 3.63) is 35.4 Å². The smallest absolute Gasteiger partial charge is 0.0991 e. The molecule has 0 saturated heterocycles. The van der Waals surface area contributed by atoms with Crippen molar-refractivity contribution in [1.29, 1.82) is 5.26 Å². The highest BCUT2D eigenvalue weighted by molar-refractivity contribution is 5.32. The summed E-state index contributed by atoms with van der Waals surface area (Å²) < 4.78 is 0. The van der Waals surface area contributed by atoms with E-state index in [1.165, 1.54) is 31.4 Å². The van der Waals surface area contributed by atoms with E-state index in [0.29, 0.717) is 0 Å². The molecule has 18 heavy (non-hydrogen) atoms. The lowest BCUT2D eigenvalue weighted by Gasteiger charge is -2.23.